The van der Waals surface area contributed by atoms with Crippen LogP contribution in [0, 0.1) is 130 Å². The second-order valence-electron chi connectivity index (χ2n) is 17.1. The van der Waals surface area contributed by atoms with Gasteiger partial charge in [0.05, 0.1) is 0 Å². The Morgan fingerprint density at radius 1 is 0.176 bits per heavy atom. The maximum Gasteiger partial charge on any atom is -0.0312 e. The van der Waals surface area contributed by atoms with Crippen LogP contribution in [0.1, 0.15) is 77.0 Å². The zero-order valence-corrected chi connectivity index (χ0v) is 21.2. The van der Waals surface area contributed by atoms with Gasteiger partial charge in [-0.15, -0.1) is 0 Å². The first kappa shape index (κ1) is 18.3. The summed E-state index contributed by atoms with van der Waals surface area (Å²) in [5, 5.41) is 0. The van der Waals surface area contributed by atoms with Gasteiger partial charge >= 0.3 is 0 Å². The van der Waals surface area contributed by atoms with E-state index in [0.29, 0.717) is 0 Å². The predicted octanol–water partition coefficient (Wildman–Crippen LogP) is 7.39. The highest BCUT2D eigenvalue weighted by Gasteiger charge is 2.85. The third-order valence-corrected chi connectivity index (χ3v) is 18.0. The molecule has 0 amide bonds. The lowest BCUT2D eigenvalue weighted by Crippen LogP contribution is -2.86. The van der Waals surface area contributed by atoms with Crippen LogP contribution in [0.15, 0.2) is 0 Å². The number of rotatable bonds is 0. The molecule has 12 rings (SSSR count). The van der Waals surface area contributed by atoms with Gasteiger partial charge in [-0.25, -0.2) is 0 Å². The first-order valence-electron chi connectivity index (χ1n) is 16.9. The lowest BCUT2D eigenvalue weighted by molar-refractivity contribution is -0.425. The fourth-order valence-electron chi connectivity index (χ4n) is 17.5. The summed E-state index contributed by atoms with van der Waals surface area (Å²) in [5.41, 5.74) is 0. The molecule has 12 saturated carbocycles. The van der Waals surface area contributed by atoms with E-state index in [1.165, 1.54) is 130 Å². The highest BCUT2D eigenvalue weighted by atomic mass is 14.9. The van der Waals surface area contributed by atoms with Gasteiger partial charge in [0.25, 0.3) is 0 Å². The second-order valence-corrected chi connectivity index (χ2v) is 17.1. The van der Waals surface area contributed by atoms with Crippen molar-refractivity contribution in [1.29, 1.82) is 0 Å². The molecule has 22 atom stereocenters. The molecule has 0 saturated heterocycles. The third kappa shape index (κ3) is 1.57. The molecule has 182 valence electrons. The Hall–Kier alpha value is 0. The van der Waals surface area contributed by atoms with E-state index in [1.807, 2.05) is 0 Å². The fraction of sp³-hybridized carbons (Fsp3) is 1.00. The van der Waals surface area contributed by atoms with Crippen molar-refractivity contribution >= 4 is 0 Å². The maximum atomic E-state index is 1.70. The zero-order chi connectivity index (χ0) is 21.2. The van der Waals surface area contributed by atoms with Crippen molar-refractivity contribution in [1.82, 2.24) is 0 Å². The fourth-order valence-corrected chi connectivity index (χ4v) is 17.5. The summed E-state index contributed by atoms with van der Waals surface area (Å²) in [7, 11) is 0. The van der Waals surface area contributed by atoms with Crippen LogP contribution in [0.5, 0.6) is 0 Å². The summed E-state index contributed by atoms with van der Waals surface area (Å²) in [4.78, 5) is 0. The van der Waals surface area contributed by atoms with Gasteiger partial charge in [-0.05, 0) is 182 Å². The average Bonchev–Trinajstić information content (AvgIpc) is 2.76. The van der Waals surface area contributed by atoms with Crippen LogP contribution in [-0.4, -0.2) is 0 Å². The lowest BCUT2D eigenvalue weighted by Gasteiger charge is -2.89. The van der Waals surface area contributed by atoms with Crippen molar-refractivity contribution in [3.8, 4) is 0 Å². The van der Waals surface area contributed by atoms with Crippen LogP contribution in [0.4, 0.5) is 0 Å². The summed E-state index contributed by atoms with van der Waals surface area (Å²) in [6.07, 6.45) is 19.7. The van der Waals surface area contributed by atoms with E-state index in [0.717, 1.165) is 0 Å². The molecule has 22 unspecified atom stereocenters. The topological polar surface area (TPSA) is 0 Å². The van der Waals surface area contributed by atoms with Gasteiger partial charge in [0, 0.05) is 0 Å². The van der Waals surface area contributed by atoms with Gasteiger partial charge in [0.15, 0.2) is 0 Å². The van der Waals surface area contributed by atoms with Crippen LogP contribution in [0.3, 0.4) is 0 Å². The van der Waals surface area contributed by atoms with Crippen LogP contribution in [-0.2, 0) is 0 Å². The highest BCUT2D eigenvalue weighted by Crippen LogP contribution is 2.89. The summed E-state index contributed by atoms with van der Waals surface area (Å²) < 4.78 is 0. The standard InChI is InChI=1S/C34H46/c1-2-4-6-14-13(5-3-1)21-22(14)32-31(21)33-27-19-11-9-17-18(10-12-20(19)28(27)34(32)33)26-25(17)29-23-15-7-8-16(15)24(23)30(26)29/h13-34H,1-12H2. The summed E-state index contributed by atoms with van der Waals surface area (Å²) in [5.74, 6) is 27.7. The summed E-state index contributed by atoms with van der Waals surface area (Å²) >= 11 is 0. The van der Waals surface area contributed by atoms with Crippen molar-refractivity contribution in [2.45, 2.75) is 77.0 Å². The Bertz CT molecular complexity index is 883. The molecule has 0 heterocycles. The van der Waals surface area contributed by atoms with E-state index < -0.39 is 0 Å². The number of hydrogen-bond donors (Lipinski definition) is 0. The van der Waals surface area contributed by atoms with Crippen LogP contribution in [0.25, 0.3) is 0 Å². The van der Waals surface area contributed by atoms with Crippen LogP contribution >= 0.6 is 0 Å². The zero-order valence-electron chi connectivity index (χ0n) is 21.2. The lowest BCUT2D eigenvalue weighted by atomic mass is 9.15. The molecule has 0 radical (unpaired) electrons. The van der Waals surface area contributed by atoms with E-state index in [9.17, 15) is 0 Å². The van der Waals surface area contributed by atoms with E-state index in [2.05, 4.69) is 0 Å². The van der Waals surface area contributed by atoms with Crippen LogP contribution in [0.2, 0.25) is 0 Å². The van der Waals surface area contributed by atoms with Gasteiger partial charge in [0.1, 0.15) is 0 Å². The normalized spacial score (nSPS) is 78.4. The third-order valence-electron chi connectivity index (χ3n) is 18.0. The highest BCUT2D eigenvalue weighted by molar-refractivity contribution is 5.32. The van der Waals surface area contributed by atoms with Gasteiger partial charge in [-0.3, -0.25) is 0 Å². The minimum absolute atomic E-state index is 1.21. The molecule has 0 aromatic heterocycles. The second kappa shape index (κ2) is 5.55. The molecule has 0 nitrogen and oxygen atoms in total. The minimum Gasteiger partial charge on any atom is -0.0533 e. The monoisotopic (exact) mass is 454 g/mol. The van der Waals surface area contributed by atoms with Crippen molar-refractivity contribution in [2.75, 3.05) is 0 Å². The summed E-state index contributed by atoms with van der Waals surface area (Å²) in [6, 6.07) is 0. The van der Waals surface area contributed by atoms with Gasteiger partial charge in [-0.1, -0.05) is 25.7 Å². The molecule has 0 N–H and O–H groups in total. The van der Waals surface area contributed by atoms with Crippen molar-refractivity contribution < 1.29 is 0 Å². The smallest absolute Gasteiger partial charge is 0.0312 e. The molecule has 12 aliphatic rings. The van der Waals surface area contributed by atoms with Crippen molar-refractivity contribution in [3.05, 3.63) is 0 Å². The minimum atomic E-state index is 1.21. The molecule has 0 aromatic rings. The molecule has 0 aliphatic heterocycles. The molecule has 34 heavy (non-hydrogen) atoms. The van der Waals surface area contributed by atoms with E-state index in [-0.39, 0.29) is 0 Å². The van der Waals surface area contributed by atoms with E-state index >= 15 is 0 Å². The van der Waals surface area contributed by atoms with Crippen molar-refractivity contribution in [3.63, 3.8) is 0 Å². The molecular formula is C34H46. The average molecular weight is 455 g/mol. The van der Waals surface area contributed by atoms with Crippen molar-refractivity contribution in [2.24, 2.45) is 130 Å². The molecule has 0 heteroatoms. The Labute approximate surface area is 207 Å². The van der Waals surface area contributed by atoms with E-state index in [4.69, 9.17) is 0 Å². The SMILES string of the molecule is C1CCCC2C(CC1)C1C2C2C1C1C3C4CCC5C(CCC4C3C21)C1C5C2C3C4CCC4C3C12. The summed E-state index contributed by atoms with van der Waals surface area (Å²) in [6.45, 7) is 0. The Balaban J connectivity index is 0.781. The quantitative estimate of drug-likeness (QED) is 0.335. The molecule has 12 aliphatic carbocycles. The Kier molecular flexibility index (Phi) is 2.99. The Morgan fingerprint density at radius 2 is 0.382 bits per heavy atom. The molecule has 0 spiro atoms. The molecular weight excluding hydrogens is 408 g/mol. The van der Waals surface area contributed by atoms with Gasteiger partial charge in [0.2, 0.25) is 0 Å². The predicted molar refractivity (Wildman–Crippen MR) is 132 cm³/mol. The Morgan fingerprint density at radius 3 is 0.647 bits per heavy atom. The van der Waals surface area contributed by atoms with Crippen LogP contribution < -0.4 is 0 Å². The maximum absolute atomic E-state index is 1.70. The first-order chi connectivity index (χ1) is 16.9. The molecule has 12 fully saturated rings. The molecule has 0 aromatic carbocycles. The largest absolute Gasteiger partial charge is 0.0533 e. The van der Waals surface area contributed by atoms with Gasteiger partial charge < -0.3 is 0 Å². The number of hydrogen-bond acceptors (Lipinski definition) is 0. The van der Waals surface area contributed by atoms with Gasteiger partial charge in [-0.2, -0.15) is 0 Å². The molecule has 0 bridgehead atoms. The number of fused-ring (bicyclic) bond motifs is 29. The first-order valence-corrected chi connectivity index (χ1v) is 16.9. The van der Waals surface area contributed by atoms with E-state index in [1.54, 1.807) is 77.0 Å².